The molecule has 5 heterocycles. The SMILES string of the molecule is Cc1nc(-c2ccc(CN3CCC(c4n[nH]c(-c5ccccn5)n4)CC3)cc2)c(-c2ccccc2)c2nccn12. The van der Waals surface area contributed by atoms with Crippen LogP contribution in [0.4, 0.5) is 0 Å². The van der Waals surface area contributed by atoms with Gasteiger partial charge in [-0.25, -0.2) is 15.0 Å². The van der Waals surface area contributed by atoms with E-state index in [1.165, 1.54) is 5.56 Å². The van der Waals surface area contributed by atoms with Gasteiger partial charge in [-0.2, -0.15) is 5.10 Å². The van der Waals surface area contributed by atoms with Crippen LogP contribution in [0.1, 0.15) is 36.0 Å². The average molecular weight is 527 g/mol. The van der Waals surface area contributed by atoms with E-state index in [2.05, 4.69) is 78.0 Å². The van der Waals surface area contributed by atoms with E-state index >= 15 is 0 Å². The number of aromatic amines is 1. The van der Waals surface area contributed by atoms with Crippen molar-refractivity contribution in [1.29, 1.82) is 0 Å². The van der Waals surface area contributed by atoms with E-state index in [1.807, 2.05) is 43.6 Å². The molecule has 1 saturated heterocycles. The van der Waals surface area contributed by atoms with Crippen molar-refractivity contribution in [2.75, 3.05) is 13.1 Å². The summed E-state index contributed by atoms with van der Waals surface area (Å²) in [4.78, 5) is 21.3. The molecule has 6 aromatic rings. The lowest BCUT2D eigenvalue weighted by atomic mass is 9.95. The number of pyridine rings is 1. The molecule has 1 aliphatic heterocycles. The molecule has 1 N–H and O–H groups in total. The van der Waals surface area contributed by atoms with E-state index < -0.39 is 0 Å². The molecule has 8 nitrogen and oxygen atoms in total. The van der Waals surface area contributed by atoms with Crippen molar-refractivity contribution in [3.8, 4) is 33.9 Å². The molecule has 0 aliphatic carbocycles. The number of rotatable bonds is 6. The highest BCUT2D eigenvalue weighted by Gasteiger charge is 2.24. The summed E-state index contributed by atoms with van der Waals surface area (Å²) in [6.07, 6.45) is 7.69. The van der Waals surface area contributed by atoms with Gasteiger partial charge in [0.15, 0.2) is 11.6 Å². The summed E-state index contributed by atoms with van der Waals surface area (Å²) in [5, 5.41) is 7.58. The number of imidazole rings is 1. The van der Waals surface area contributed by atoms with E-state index in [-0.39, 0.29) is 0 Å². The molecule has 0 spiro atoms. The summed E-state index contributed by atoms with van der Waals surface area (Å²) in [7, 11) is 0. The number of benzene rings is 2. The van der Waals surface area contributed by atoms with E-state index in [4.69, 9.17) is 9.97 Å². The first-order valence-corrected chi connectivity index (χ1v) is 13.8. The lowest BCUT2D eigenvalue weighted by Crippen LogP contribution is -2.32. The zero-order valence-corrected chi connectivity index (χ0v) is 22.4. The minimum absolute atomic E-state index is 0.371. The normalized spacial score (nSPS) is 14.6. The topological polar surface area (TPSA) is 87.9 Å². The number of fused-ring (bicyclic) bond motifs is 1. The fourth-order valence-electron chi connectivity index (χ4n) is 5.66. The van der Waals surface area contributed by atoms with Gasteiger partial charge in [-0.05, 0) is 56.1 Å². The number of piperidine rings is 1. The maximum atomic E-state index is 5.02. The molecule has 7 rings (SSSR count). The quantitative estimate of drug-likeness (QED) is 0.289. The Labute approximate surface area is 232 Å². The van der Waals surface area contributed by atoms with Gasteiger partial charge in [0.1, 0.15) is 17.2 Å². The molecule has 0 unspecified atom stereocenters. The van der Waals surface area contributed by atoms with Gasteiger partial charge in [0.25, 0.3) is 0 Å². The van der Waals surface area contributed by atoms with Crippen LogP contribution in [0.5, 0.6) is 0 Å². The van der Waals surface area contributed by atoms with Crippen LogP contribution in [-0.4, -0.2) is 52.5 Å². The summed E-state index contributed by atoms with van der Waals surface area (Å²) >= 11 is 0. The number of aryl methyl sites for hydroxylation is 1. The highest BCUT2D eigenvalue weighted by atomic mass is 15.2. The molecule has 8 heteroatoms. The predicted octanol–water partition coefficient (Wildman–Crippen LogP) is 5.93. The van der Waals surface area contributed by atoms with Crippen LogP contribution in [0.2, 0.25) is 0 Å². The second-order valence-electron chi connectivity index (χ2n) is 10.4. The number of nitrogens with zero attached hydrogens (tertiary/aromatic N) is 7. The van der Waals surface area contributed by atoms with Gasteiger partial charge in [0.05, 0.1) is 11.3 Å². The van der Waals surface area contributed by atoms with Gasteiger partial charge in [0, 0.05) is 36.6 Å². The monoisotopic (exact) mass is 526 g/mol. The Bertz CT molecular complexity index is 1730. The third-order valence-electron chi connectivity index (χ3n) is 7.78. The standard InChI is InChI=1S/C32H30N8/c1-22-35-29(28(24-7-3-2-4-8-24)32-34-17-20-40(22)32)25-12-10-23(11-13-25)21-39-18-14-26(15-19-39)30-36-31(38-37-30)27-9-5-6-16-33-27/h2-13,16-17,20,26H,14-15,18-19,21H2,1H3,(H,36,37,38). The largest absolute Gasteiger partial charge is 0.299 e. The van der Waals surface area contributed by atoms with Crippen molar-refractivity contribution in [3.63, 3.8) is 0 Å². The summed E-state index contributed by atoms with van der Waals surface area (Å²) in [5.41, 5.74) is 7.30. The Morgan fingerprint density at radius 3 is 2.40 bits per heavy atom. The van der Waals surface area contributed by atoms with Gasteiger partial charge >= 0.3 is 0 Å². The zero-order valence-electron chi connectivity index (χ0n) is 22.4. The molecule has 1 fully saturated rings. The van der Waals surface area contributed by atoms with Crippen LogP contribution < -0.4 is 0 Å². The first-order valence-electron chi connectivity index (χ1n) is 13.8. The Morgan fingerprint density at radius 2 is 1.62 bits per heavy atom. The fourth-order valence-corrected chi connectivity index (χ4v) is 5.66. The van der Waals surface area contributed by atoms with E-state index in [0.29, 0.717) is 5.92 Å². The minimum Gasteiger partial charge on any atom is -0.299 e. The van der Waals surface area contributed by atoms with E-state index in [0.717, 1.165) is 83.7 Å². The molecule has 198 valence electrons. The smallest absolute Gasteiger partial charge is 0.174 e. The van der Waals surface area contributed by atoms with Gasteiger partial charge in [-0.15, -0.1) is 0 Å². The van der Waals surface area contributed by atoms with E-state index in [9.17, 15) is 0 Å². The fraction of sp³-hybridized carbons (Fsp3) is 0.219. The molecule has 2 aromatic carbocycles. The highest BCUT2D eigenvalue weighted by Crippen LogP contribution is 2.34. The molecular formula is C32H30N8. The van der Waals surface area contributed by atoms with Crippen molar-refractivity contribution >= 4 is 5.65 Å². The number of nitrogens with one attached hydrogen (secondary N) is 1. The maximum Gasteiger partial charge on any atom is 0.174 e. The van der Waals surface area contributed by atoms with Gasteiger partial charge in [0.2, 0.25) is 0 Å². The molecule has 0 bridgehead atoms. The summed E-state index contributed by atoms with van der Waals surface area (Å²) < 4.78 is 2.06. The average Bonchev–Trinajstić information content (AvgIpc) is 3.70. The number of aromatic nitrogens is 7. The molecular weight excluding hydrogens is 496 g/mol. The zero-order chi connectivity index (χ0) is 26.9. The molecule has 1 aliphatic rings. The Kier molecular flexibility index (Phi) is 6.37. The first-order chi connectivity index (χ1) is 19.7. The summed E-state index contributed by atoms with van der Waals surface area (Å²) in [6.45, 7) is 5.00. The molecule has 4 aromatic heterocycles. The Balaban J connectivity index is 1.06. The summed E-state index contributed by atoms with van der Waals surface area (Å²) in [6, 6.07) is 25.1. The highest BCUT2D eigenvalue weighted by molar-refractivity contribution is 5.90. The third kappa shape index (κ3) is 4.67. The van der Waals surface area contributed by atoms with Crippen LogP contribution in [-0.2, 0) is 6.54 Å². The van der Waals surface area contributed by atoms with Gasteiger partial charge in [-0.3, -0.25) is 19.4 Å². The molecule has 40 heavy (non-hydrogen) atoms. The second-order valence-corrected chi connectivity index (χ2v) is 10.4. The van der Waals surface area contributed by atoms with Crippen molar-refractivity contribution < 1.29 is 0 Å². The van der Waals surface area contributed by atoms with Crippen molar-refractivity contribution in [3.05, 3.63) is 109 Å². The number of H-pyrrole nitrogens is 1. The van der Waals surface area contributed by atoms with Crippen LogP contribution in [0.15, 0.2) is 91.4 Å². The molecule has 0 saturated carbocycles. The number of likely N-dealkylation sites (tertiary alicyclic amines) is 1. The minimum atomic E-state index is 0.371. The van der Waals surface area contributed by atoms with E-state index in [1.54, 1.807) is 6.20 Å². The lowest BCUT2D eigenvalue weighted by Gasteiger charge is -2.30. The van der Waals surface area contributed by atoms with Gasteiger partial charge < -0.3 is 0 Å². The third-order valence-corrected chi connectivity index (χ3v) is 7.78. The Morgan fingerprint density at radius 1 is 0.825 bits per heavy atom. The number of hydrogen-bond donors (Lipinski definition) is 1. The van der Waals surface area contributed by atoms with Crippen molar-refractivity contribution in [1.82, 2.24) is 39.4 Å². The Hall–Kier alpha value is -4.69. The first kappa shape index (κ1) is 24.4. The predicted molar refractivity (Wildman–Crippen MR) is 155 cm³/mol. The lowest BCUT2D eigenvalue weighted by molar-refractivity contribution is 0.202. The number of hydrogen-bond acceptors (Lipinski definition) is 6. The van der Waals surface area contributed by atoms with Crippen molar-refractivity contribution in [2.45, 2.75) is 32.2 Å². The van der Waals surface area contributed by atoms with Crippen LogP contribution in [0.3, 0.4) is 0 Å². The molecule has 0 radical (unpaired) electrons. The molecule has 0 amide bonds. The maximum absolute atomic E-state index is 5.02. The van der Waals surface area contributed by atoms with Crippen LogP contribution >= 0.6 is 0 Å². The second kappa shape index (κ2) is 10.5. The molecule has 0 atom stereocenters. The van der Waals surface area contributed by atoms with Crippen LogP contribution in [0.25, 0.3) is 39.5 Å². The summed E-state index contributed by atoms with van der Waals surface area (Å²) in [5.74, 6) is 2.93. The van der Waals surface area contributed by atoms with Crippen molar-refractivity contribution in [2.24, 2.45) is 0 Å². The van der Waals surface area contributed by atoms with Crippen LogP contribution in [0, 0.1) is 6.92 Å². The van der Waals surface area contributed by atoms with Gasteiger partial charge in [-0.1, -0.05) is 60.7 Å².